The molecule has 1 aromatic rings. The highest BCUT2D eigenvalue weighted by Crippen LogP contribution is 2.24. The van der Waals surface area contributed by atoms with Gasteiger partial charge in [-0.2, -0.15) is 0 Å². The van der Waals surface area contributed by atoms with Crippen molar-refractivity contribution in [1.82, 2.24) is 5.32 Å². The second-order valence-corrected chi connectivity index (χ2v) is 3.83. The molecule has 0 spiro atoms. The molecule has 1 N–H and O–H groups in total. The summed E-state index contributed by atoms with van der Waals surface area (Å²) in [4.78, 5) is 31.6. The number of nitrogens with one attached hydrogen (secondary N) is 1. The van der Waals surface area contributed by atoms with Crippen LogP contribution in [0.3, 0.4) is 0 Å². The monoisotopic (exact) mass is 267 g/mol. The van der Waals surface area contributed by atoms with Crippen molar-refractivity contribution in [1.29, 1.82) is 0 Å². The summed E-state index contributed by atoms with van der Waals surface area (Å²) in [5.74, 6) is -0.602. The molecular formula is C11H13N3O5. The van der Waals surface area contributed by atoms with Gasteiger partial charge in [0.1, 0.15) is 5.56 Å². The number of nitrogens with zero attached hydrogens (tertiary/aromatic N) is 2. The Morgan fingerprint density at radius 3 is 2.47 bits per heavy atom. The van der Waals surface area contributed by atoms with Gasteiger partial charge < -0.3 is 5.32 Å². The zero-order valence-corrected chi connectivity index (χ0v) is 10.3. The van der Waals surface area contributed by atoms with Crippen molar-refractivity contribution in [3.05, 3.63) is 44.0 Å². The summed E-state index contributed by atoms with van der Waals surface area (Å²) in [6.07, 6.45) is 1.63. The van der Waals surface area contributed by atoms with Crippen molar-refractivity contribution in [3.63, 3.8) is 0 Å². The van der Waals surface area contributed by atoms with E-state index in [1.165, 1.54) is 0 Å². The van der Waals surface area contributed by atoms with Crippen LogP contribution in [0.5, 0.6) is 0 Å². The maximum Gasteiger partial charge on any atom is 0.289 e. The van der Waals surface area contributed by atoms with Gasteiger partial charge in [-0.15, -0.1) is 0 Å². The van der Waals surface area contributed by atoms with Gasteiger partial charge in [0.2, 0.25) is 0 Å². The van der Waals surface area contributed by atoms with Gasteiger partial charge in [0, 0.05) is 12.6 Å². The van der Waals surface area contributed by atoms with E-state index >= 15 is 0 Å². The summed E-state index contributed by atoms with van der Waals surface area (Å²) in [6, 6.07) is 2.95. The van der Waals surface area contributed by atoms with Crippen LogP contribution in [0.15, 0.2) is 18.2 Å². The van der Waals surface area contributed by atoms with Crippen LogP contribution < -0.4 is 5.32 Å². The molecule has 1 aromatic carbocycles. The number of unbranched alkanes of at least 4 members (excludes halogenated alkanes) is 1. The predicted octanol–water partition coefficient (Wildman–Crippen LogP) is 2.03. The maximum atomic E-state index is 11.7. The molecule has 0 bridgehead atoms. The highest BCUT2D eigenvalue weighted by molar-refractivity contribution is 5.98. The minimum Gasteiger partial charge on any atom is -0.352 e. The average molecular weight is 267 g/mol. The fourth-order valence-electron chi connectivity index (χ4n) is 1.45. The first-order valence-electron chi connectivity index (χ1n) is 5.68. The normalized spacial score (nSPS) is 9.95. The Bertz CT molecular complexity index is 515. The minimum absolute atomic E-state index is 0.174. The number of benzene rings is 1. The zero-order chi connectivity index (χ0) is 14.4. The topological polar surface area (TPSA) is 115 Å². The number of amides is 1. The van der Waals surface area contributed by atoms with E-state index in [4.69, 9.17) is 0 Å². The largest absolute Gasteiger partial charge is 0.352 e. The lowest BCUT2D eigenvalue weighted by Gasteiger charge is -2.04. The van der Waals surface area contributed by atoms with Crippen LogP contribution in [0.1, 0.15) is 30.1 Å². The molecule has 0 atom stereocenters. The van der Waals surface area contributed by atoms with Crippen molar-refractivity contribution < 1.29 is 14.6 Å². The van der Waals surface area contributed by atoms with Crippen LogP contribution >= 0.6 is 0 Å². The van der Waals surface area contributed by atoms with Crippen molar-refractivity contribution in [2.24, 2.45) is 0 Å². The van der Waals surface area contributed by atoms with Gasteiger partial charge in [0.15, 0.2) is 0 Å². The lowest BCUT2D eigenvalue weighted by Crippen LogP contribution is -2.25. The number of carbonyl (C=O) groups excluding carboxylic acids is 1. The SMILES string of the molecule is CCCCNC(=O)c1ccc([N+](=O)[O-])cc1[N+](=O)[O-]. The van der Waals surface area contributed by atoms with E-state index in [1.54, 1.807) is 0 Å². The van der Waals surface area contributed by atoms with Gasteiger partial charge in [0.25, 0.3) is 17.3 Å². The third-order valence-corrected chi connectivity index (χ3v) is 2.45. The van der Waals surface area contributed by atoms with Crippen LogP contribution in [-0.4, -0.2) is 22.3 Å². The van der Waals surface area contributed by atoms with Crippen molar-refractivity contribution in [2.45, 2.75) is 19.8 Å². The van der Waals surface area contributed by atoms with E-state index in [1.807, 2.05) is 6.92 Å². The van der Waals surface area contributed by atoms with E-state index in [2.05, 4.69) is 5.32 Å². The van der Waals surface area contributed by atoms with Crippen molar-refractivity contribution in [2.75, 3.05) is 6.54 Å². The van der Waals surface area contributed by atoms with E-state index in [0.29, 0.717) is 6.54 Å². The summed E-state index contributed by atoms with van der Waals surface area (Å²) < 4.78 is 0. The number of rotatable bonds is 6. The Morgan fingerprint density at radius 1 is 1.26 bits per heavy atom. The molecule has 0 radical (unpaired) electrons. The smallest absolute Gasteiger partial charge is 0.289 e. The number of nitro groups is 2. The van der Waals surface area contributed by atoms with Crippen molar-refractivity contribution >= 4 is 17.3 Å². The zero-order valence-electron chi connectivity index (χ0n) is 10.3. The van der Waals surface area contributed by atoms with E-state index in [9.17, 15) is 25.0 Å². The molecule has 0 aliphatic carbocycles. The van der Waals surface area contributed by atoms with Gasteiger partial charge in [-0.25, -0.2) is 0 Å². The summed E-state index contributed by atoms with van der Waals surface area (Å²) >= 11 is 0. The molecule has 102 valence electrons. The number of non-ortho nitro benzene ring substituents is 1. The lowest BCUT2D eigenvalue weighted by atomic mass is 10.1. The molecule has 0 aliphatic rings. The van der Waals surface area contributed by atoms with E-state index in [-0.39, 0.29) is 5.56 Å². The Morgan fingerprint density at radius 2 is 1.95 bits per heavy atom. The minimum atomic E-state index is -0.804. The summed E-state index contributed by atoms with van der Waals surface area (Å²) in [6.45, 7) is 2.35. The molecule has 8 heteroatoms. The van der Waals surface area contributed by atoms with Gasteiger partial charge in [0.05, 0.1) is 15.9 Å². The molecule has 0 heterocycles. The van der Waals surface area contributed by atoms with Crippen LogP contribution in [0, 0.1) is 20.2 Å². The Kier molecular flexibility index (Phi) is 4.92. The fourth-order valence-corrected chi connectivity index (χ4v) is 1.45. The molecule has 0 aliphatic heterocycles. The first kappa shape index (κ1) is 14.6. The fraction of sp³-hybridized carbons (Fsp3) is 0.364. The number of carbonyl (C=O) groups is 1. The van der Waals surface area contributed by atoms with E-state index < -0.39 is 27.1 Å². The second kappa shape index (κ2) is 6.43. The Hall–Kier alpha value is -2.51. The molecule has 0 saturated heterocycles. The standard InChI is InChI=1S/C11H13N3O5/c1-2-3-6-12-11(15)9-5-4-8(13(16)17)7-10(9)14(18)19/h4-5,7H,2-3,6H2,1H3,(H,12,15). The molecule has 0 aromatic heterocycles. The lowest BCUT2D eigenvalue weighted by molar-refractivity contribution is -0.394. The van der Waals surface area contributed by atoms with Crippen LogP contribution in [0.2, 0.25) is 0 Å². The van der Waals surface area contributed by atoms with Gasteiger partial charge in [-0.3, -0.25) is 25.0 Å². The highest BCUT2D eigenvalue weighted by Gasteiger charge is 2.23. The maximum absolute atomic E-state index is 11.7. The Labute approximate surface area is 108 Å². The third kappa shape index (κ3) is 3.73. The summed E-state index contributed by atoms with van der Waals surface area (Å²) in [5.41, 5.74) is -1.16. The van der Waals surface area contributed by atoms with Gasteiger partial charge >= 0.3 is 0 Å². The molecule has 1 amide bonds. The molecule has 0 saturated carbocycles. The van der Waals surface area contributed by atoms with Gasteiger partial charge in [-0.1, -0.05) is 13.3 Å². The predicted molar refractivity (Wildman–Crippen MR) is 67.0 cm³/mol. The average Bonchev–Trinajstić information content (AvgIpc) is 2.38. The second-order valence-electron chi connectivity index (χ2n) is 3.83. The molecule has 1 rings (SSSR count). The number of nitro benzene ring substituents is 2. The summed E-state index contributed by atoms with van der Waals surface area (Å²) in [5, 5.41) is 23.9. The Balaban J connectivity index is 3.03. The number of hydrogen-bond acceptors (Lipinski definition) is 5. The van der Waals surface area contributed by atoms with Crippen LogP contribution in [-0.2, 0) is 0 Å². The third-order valence-electron chi connectivity index (χ3n) is 2.45. The summed E-state index contributed by atoms with van der Waals surface area (Å²) in [7, 11) is 0. The van der Waals surface area contributed by atoms with Crippen LogP contribution in [0.4, 0.5) is 11.4 Å². The molecule has 8 nitrogen and oxygen atoms in total. The molecule has 0 fully saturated rings. The molecule has 19 heavy (non-hydrogen) atoms. The molecular weight excluding hydrogens is 254 g/mol. The first-order valence-corrected chi connectivity index (χ1v) is 5.68. The van der Waals surface area contributed by atoms with Crippen LogP contribution in [0.25, 0.3) is 0 Å². The first-order chi connectivity index (χ1) is 8.97. The van der Waals surface area contributed by atoms with Crippen molar-refractivity contribution in [3.8, 4) is 0 Å². The molecule has 0 unspecified atom stereocenters. The number of hydrogen-bond donors (Lipinski definition) is 1. The van der Waals surface area contributed by atoms with Gasteiger partial charge in [-0.05, 0) is 12.5 Å². The quantitative estimate of drug-likeness (QED) is 0.481. The van der Waals surface area contributed by atoms with E-state index in [0.717, 1.165) is 31.0 Å². The highest BCUT2D eigenvalue weighted by atomic mass is 16.6.